The van der Waals surface area contributed by atoms with Crippen molar-refractivity contribution in [2.24, 2.45) is 0 Å². The summed E-state index contributed by atoms with van der Waals surface area (Å²) in [6, 6.07) is 24.5. The number of carbonyl (C=O) groups excluding carboxylic acids is 2. The maximum Gasteiger partial charge on any atom is 0.282 e. The minimum Gasteiger partial charge on any atom is -0.486 e. The van der Waals surface area contributed by atoms with Gasteiger partial charge in [-0.25, -0.2) is 4.90 Å². The number of hydrogen-bond donors (Lipinski definition) is 0. The molecular weight excluding hydrogens is 416 g/mol. The summed E-state index contributed by atoms with van der Waals surface area (Å²) in [7, 11) is 0. The Morgan fingerprint density at radius 2 is 1.48 bits per heavy atom. The number of anilines is 1. The third-order valence-corrected chi connectivity index (χ3v) is 5.82. The second-order valence-electron chi connectivity index (χ2n) is 7.86. The number of imide groups is 1. The zero-order chi connectivity index (χ0) is 22.8. The molecule has 5 rings (SSSR count). The number of hydrogen-bond acceptors (Lipinski definition) is 5. The van der Waals surface area contributed by atoms with Gasteiger partial charge in [-0.15, -0.1) is 0 Å². The Hall–Kier alpha value is -4.06. The van der Waals surface area contributed by atoms with Crippen LogP contribution in [0, 0.1) is 0 Å². The average molecular weight is 440 g/mol. The van der Waals surface area contributed by atoms with E-state index in [0.717, 1.165) is 11.1 Å². The first-order valence-electron chi connectivity index (χ1n) is 11.0. The van der Waals surface area contributed by atoms with E-state index in [1.165, 1.54) is 4.90 Å². The molecule has 0 aromatic heterocycles. The molecule has 3 aromatic rings. The molecule has 0 N–H and O–H groups in total. The molecule has 6 heteroatoms. The Bertz CT molecular complexity index is 1220. The molecule has 0 fully saturated rings. The predicted octanol–water partition coefficient (Wildman–Crippen LogP) is 4.26. The Balaban J connectivity index is 1.58. The number of rotatable bonds is 6. The molecule has 0 spiro atoms. The minimum atomic E-state index is -0.343. The van der Waals surface area contributed by atoms with Gasteiger partial charge in [-0.3, -0.25) is 9.59 Å². The highest BCUT2D eigenvalue weighted by Crippen LogP contribution is 2.39. The molecule has 3 aromatic carbocycles. The lowest BCUT2D eigenvalue weighted by Crippen LogP contribution is -2.35. The van der Waals surface area contributed by atoms with Crippen LogP contribution in [0.25, 0.3) is 5.57 Å². The topological polar surface area (TPSA) is 59.1 Å². The van der Waals surface area contributed by atoms with Crippen LogP contribution in [0.2, 0.25) is 0 Å². The highest BCUT2D eigenvalue weighted by atomic mass is 16.6. The van der Waals surface area contributed by atoms with Crippen molar-refractivity contribution >= 4 is 23.1 Å². The van der Waals surface area contributed by atoms with Crippen molar-refractivity contribution < 1.29 is 19.1 Å². The molecule has 0 radical (unpaired) electrons. The van der Waals surface area contributed by atoms with Gasteiger partial charge in [0.1, 0.15) is 18.9 Å². The first-order valence-corrected chi connectivity index (χ1v) is 11.0. The van der Waals surface area contributed by atoms with Crippen LogP contribution in [0.3, 0.4) is 0 Å². The maximum atomic E-state index is 13.8. The van der Waals surface area contributed by atoms with Gasteiger partial charge < -0.3 is 14.4 Å². The smallest absolute Gasteiger partial charge is 0.282 e. The molecule has 2 heterocycles. The van der Waals surface area contributed by atoms with E-state index in [1.54, 1.807) is 18.2 Å². The zero-order valence-corrected chi connectivity index (χ0v) is 18.4. The highest BCUT2D eigenvalue weighted by molar-refractivity contribution is 6.45. The average Bonchev–Trinajstić information content (AvgIpc) is 3.13. The Labute approximate surface area is 192 Å². The van der Waals surface area contributed by atoms with Crippen LogP contribution < -0.4 is 14.4 Å². The van der Waals surface area contributed by atoms with E-state index < -0.39 is 0 Å². The van der Waals surface area contributed by atoms with Gasteiger partial charge in [0.05, 0.1) is 11.3 Å². The van der Waals surface area contributed by atoms with Crippen molar-refractivity contribution in [2.45, 2.75) is 13.5 Å². The largest absolute Gasteiger partial charge is 0.486 e. The number of likely N-dealkylation sites (N-methyl/N-ethyl adjacent to an activating group) is 1. The van der Waals surface area contributed by atoms with Crippen molar-refractivity contribution in [1.82, 2.24) is 4.90 Å². The van der Waals surface area contributed by atoms with Crippen LogP contribution in [0.1, 0.15) is 18.1 Å². The summed E-state index contributed by atoms with van der Waals surface area (Å²) in [4.78, 5) is 30.7. The maximum absolute atomic E-state index is 13.8. The van der Waals surface area contributed by atoms with Crippen molar-refractivity contribution in [1.29, 1.82) is 0 Å². The van der Waals surface area contributed by atoms with Crippen molar-refractivity contribution in [2.75, 3.05) is 24.7 Å². The molecule has 6 nitrogen and oxygen atoms in total. The normalized spacial score (nSPS) is 15.2. The zero-order valence-electron chi connectivity index (χ0n) is 18.4. The van der Waals surface area contributed by atoms with Gasteiger partial charge in [0.25, 0.3) is 11.8 Å². The van der Waals surface area contributed by atoms with E-state index in [2.05, 4.69) is 0 Å². The lowest BCUT2D eigenvalue weighted by Gasteiger charge is -2.25. The van der Waals surface area contributed by atoms with Crippen LogP contribution in [0.4, 0.5) is 5.69 Å². The van der Waals surface area contributed by atoms with Gasteiger partial charge in [0, 0.05) is 19.2 Å². The monoisotopic (exact) mass is 440 g/mol. The minimum absolute atomic E-state index is 0.340. The molecule has 2 aliphatic rings. The summed E-state index contributed by atoms with van der Waals surface area (Å²) in [5.74, 6) is 0.461. The Kier molecular flexibility index (Phi) is 5.57. The summed E-state index contributed by atoms with van der Waals surface area (Å²) in [5, 5.41) is 0. The van der Waals surface area contributed by atoms with Crippen molar-refractivity contribution in [3.05, 3.63) is 95.7 Å². The molecule has 0 saturated heterocycles. The fourth-order valence-electron chi connectivity index (χ4n) is 4.23. The second-order valence-corrected chi connectivity index (χ2v) is 7.86. The summed E-state index contributed by atoms with van der Waals surface area (Å²) >= 11 is 0. The molecule has 2 aliphatic heterocycles. The van der Waals surface area contributed by atoms with Gasteiger partial charge in [0.15, 0.2) is 11.5 Å². The number of ether oxygens (including phenoxy) is 2. The van der Waals surface area contributed by atoms with Crippen LogP contribution in [-0.2, 0) is 16.1 Å². The summed E-state index contributed by atoms with van der Waals surface area (Å²) in [5.41, 5.74) is 3.07. The first-order chi connectivity index (χ1) is 16.2. The van der Waals surface area contributed by atoms with Gasteiger partial charge in [-0.1, -0.05) is 60.7 Å². The predicted molar refractivity (Wildman–Crippen MR) is 126 cm³/mol. The van der Waals surface area contributed by atoms with E-state index in [4.69, 9.17) is 9.47 Å². The molecule has 33 heavy (non-hydrogen) atoms. The van der Waals surface area contributed by atoms with E-state index in [0.29, 0.717) is 54.8 Å². The second kappa shape index (κ2) is 8.82. The van der Waals surface area contributed by atoms with E-state index in [9.17, 15) is 9.59 Å². The number of fused-ring (bicyclic) bond motifs is 1. The van der Waals surface area contributed by atoms with E-state index in [1.807, 2.05) is 72.5 Å². The first kappa shape index (κ1) is 20.8. The SMILES string of the molecule is CCN(Cc1ccccc1)C1=C(c2ccccc2)C(=O)N(c2ccc3c(c2)OCCO3)C1=O. The van der Waals surface area contributed by atoms with E-state index in [-0.39, 0.29) is 11.8 Å². The Morgan fingerprint density at radius 1 is 0.818 bits per heavy atom. The molecule has 0 aliphatic carbocycles. The van der Waals surface area contributed by atoms with Gasteiger partial charge in [0.2, 0.25) is 0 Å². The number of amides is 2. The molecule has 0 saturated carbocycles. The highest BCUT2D eigenvalue weighted by Gasteiger charge is 2.42. The standard InChI is InChI=1S/C27H24N2O4/c1-2-28(18-19-9-5-3-6-10-19)25-24(20-11-7-4-8-12-20)26(30)29(27(25)31)21-13-14-22-23(17-21)33-16-15-32-22/h3-14,17H,2,15-16,18H2,1H3. The van der Waals surface area contributed by atoms with Crippen molar-refractivity contribution in [3.8, 4) is 11.5 Å². The molecule has 2 amide bonds. The summed E-state index contributed by atoms with van der Waals surface area (Å²) in [6.45, 7) is 4.00. The number of nitrogens with zero attached hydrogens (tertiary/aromatic N) is 2. The van der Waals surface area contributed by atoms with Crippen LogP contribution >= 0.6 is 0 Å². The molecule has 0 atom stereocenters. The molecule has 0 bridgehead atoms. The summed E-state index contributed by atoms with van der Waals surface area (Å²) in [6.07, 6.45) is 0. The third kappa shape index (κ3) is 3.84. The fourth-order valence-corrected chi connectivity index (χ4v) is 4.23. The third-order valence-electron chi connectivity index (χ3n) is 5.82. The fraction of sp³-hybridized carbons (Fsp3) is 0.185. The van der Waals surface area contributed by atoms with E-state index >= 15 is 0 Å². The van der Waals surface area contributed by atoms with Crippen LogP contribution in [-0.4, -0.2) is 36.5 Å². The number of carbonyl (C=O) groups is 2. The van der Waals surface area contributed by atoms with Gasteiger partial charge in [-0.05, 0) is 30.2 Å². The van der Waals surface area contributed by atoms with Crippen molar-refractivity contribution in [3.63, 3.8) is 0 Å². The Morgan fingerprint density at radius 3 is 2.18 bits per heavy atom. The van der Waals surface area contributed by atoms with Crippen LogP contribution in [0.5, 0.6) is 11.5 Å². The molecular formula is C27H24N2O4. The van der Waals surface area contributed by atoms with Gasteiger partial charge >= 0.3 is 0 Å². The van der Waals surface area contributed by atoms with Gasteiger partial charge in [-0.2, -0.15) is 0 Å². The molecule has 166 valence electrons. The lowest BCUT2D eigenvalue weighted by molar-refractivity contribution is -0.120. The summed E-state index contributed by atoms with van der Waals surface area (Å²) < 4.78 is 11.3. The lowest BCUT2D eigenvalue weighted by atomic mass is 10.0. The molecule has 0 unspecified atom stereocenters. The quantitative estimate of drug-likeness (QED) is 0.536. The number of benzene rings is 3. The van der Waals surface area contributed by atoms with Crippen LogP contribution in [0.15, 0.2) is 84.6 Å².